The molecule has 3 rings (SSSR count). The van der Waals surface area contributed by atoms with Gasteiger partial charge >= 0.3 is 0 Å². The van der Waals surface area contributed by atoms with Gasteiger partial charge in [-0.15, -0.1) is 0 Å². The summed E-state index contributed by atoms with van der Waals surface area (Å²) in [6.07, 6.45) is 1.35. The van der Waals surface area contributed by atoms with Crippen molar-refractivity contribution in [3.63, 3.8) is 0 Å². The van der Waals surface area contributed by atoms with E-state index in [-0.39, 0.29) is 11.3 Å². The molecule has 1 fully saturated rings. The molecular weight excluding hydrogens is 304 g/mol. The van der Waals surface area contributed by atoms with Crippen LogP contribution in [-0.4, -0.2) is 35.5 Å². The number of amides is 1. The van der Waals surface area contributed by atoms with Gasteiger partial charge in [-0.25, -0.2) is 4.98 Å². The number of benzene rings is 1. The fourth-order valence-corrected chi connectivity index (χ4v) is 3.09. The molecule has 128 valence electrons. The lowest BCUT2D eigenvalue weighted by Gasteiger charge is -2.40. The van der Waals surface area contributed by atoms with Gasteiger partial charge in [0.2, 0.25) is 0 Å². The highest BCUT2D eigenvalue weighted by atomic mass is 16.5. The van der Waals surface area contributed by atoms with Crippen molar-refractivity contribution in [2.45, 2.75) is 38.7 Å². The number of hydrogen-bond donors (Lipinski definition) is 0. The van der Waals surface area contributed by atoms with Crippen molar-refractivity contribution >= 4 is 5.91 Å². The fourth-order valence-electron chi connectivity index (χ4n) is 3.09. The largest absolute Gasteiger partial charge is 0.447 e. The Labute approximate surface area is 142 Å². The van der Waals surface area contributed by atoms with E-state index in [9.17, 15) is 4.79 Å². The first-order valence-corrected chi connectivity index (χ1v) is 8.24. The van der Waals surface area contributed by atoms with Gasteiger partial charge in [-0.05, 0) is 12.5 Å². The summed E-state index contributed by atoms with van der Waals surface area (Å²) in [7, 11) is 0. The molecule has 1 aromatic carbocycles. The second-order valence-corrected chi connectivity index (χ2v) is 7.45. The third-order valence-corrected chi connectivity index (χ3v) is 4.40. The number of ether oxygens (including phenoxy) is 1. The van der Waals surface area contributed by atoms with Crippen LogP contribution in [0.2, 0.25) is 0 Å². The van der Waals surface area contributed by atoms with Gasteiger partial charge in [0.1, 0.15) is 11.4 Å². The average molecular weight is 328 g/mol. The number of carbonyl (C=O) groups excluding carboxylic acids is 1. The smallest absolute Gasteiger partial charge is 0.276 e. The predicted molar refractivity (Wildman–Crippen MR) is 90.9 cm³/mol. The second kappa shape index (κ2) is 6.06. The van der Waals surface area contributed by atoms with E-state index < -0.39 is 5.60 Å². The molecule has 1 unspecified atom stereocenters. The summed E-state index contributed by atoms with van der Waals surface area (Å²) in [6.45, 7) is 9.60. The zero-order valence-corrected chi connectivity index (χ0v) is 14.7. The van der Waals surface area contributed by atoms with Crippen LogP contribution in [0.3, 0.4) is 0 Å². The molecule has 5 heteroatoms. The van der Waals surface area contributed by atoms with Crippen molar-refractivity contribution in [1.82, 2.24) is 9.88 Å². The lowest BCUT2D eigenvalue weighted by molar-refractivity contribution is -0.0932. The lowest BCUT2D eigenvalue weighted by atomic mass is 9.91. The zero-order chi connectivity index (χ0) is 17.4. The number of rotatable bonds is 2. The van der Waals surface area contributed by atoms with E-state index in [1.807, 2.05) is 62.9 Å². The monoisotopic (exact) mass is 328 g/mol. The Bertz CT molecular complexity index is 718. The standard InChI is InChI=1S/C19H24N2O3/c1-18(2,3)16-15(20-13-23-16)17(22)21-10-11-24-19(4,12-21)14-8-6-5-7-9-14/h5-9,13H,10-12H2,1-4H3. The number of nitrogens with zero attached hydrogens (tertiary/aromatic N) is 2. The van der Waals surface area contributed by atoms with Crippen molar-refractivity contribution in [2.24, 2.45) is 0 Å². The quantitative estimate of drug-likeness (QED) is 0.848. The van der Waals surface area contributed by atoms with Crippen molar-refractivity contribution in [3.8, 4) is 0 Å². The van der Waals surface area contributed by atoms with Gasteiger partial charge in [-0.2, -0.15) is 0 Å². The Morgan fingerprint density at radius 1 is 1.25 bits per heavy atom. The Morgan fingerprint density at radius 2 is 1.96 bits per heavy atom. The van der Waals surface area contributed by atoms with Crippen LogP contribution in [0, 0.1) is 0 Å². The van der Waals surface area contributed by atoms with Gasteiger partial charge < -0.3 is 14.1 Å². The van der Waals surface area contributed by atoms with Gasteiger partial charge in [0.25, 0.3) is 5.91 Å². The van der Waals surface area contributed by atoms with Crippen molar-refractivity contribution in [1.29, 1.82) is 0 Å². The highest BCUT2D eigenvalue weighted by Gasteiger charge is 2.38. The summed E-state index contributed by atoms with van der Waals surface area (Å²) in [4.78, 5) is 19.0. The summed E-state index contributed by atoms with van der Waals surface area (Å²) in [5.41, 5.74) is 0.690. The van der Waals surface area contributed by atoms with Crippen molar-refractivity contribution < 1.29 is 13.9 Å². The van der Waals surface area contributed by atoms with Crippen LogP contribution >= 0.6 is 0 Å². The minimum atomic E-state index is -0.513. The van der Waals surface area contributed by atoms with Crippen LogP contribution in [0.15, 0.2) is 41.1 Å². The van der Waals surface area contributed by atoms with Crippen LogP contribution in [0.1, 0.15) is 49.5 Å². The number of morpholine rings is 1. The minimum absolute atomic E-state index is 0.0980. The van der Waals surface area contributed by atoms with Crippen molar-refractivity contribution in [2.75, 3.05) is 19.7 Å². The molecule has 1 amide bonds. The lowest BCUT2D eigenvalue weighted by Crippen LogP contribution is -2.50. The number of oxazole rings is 1. The molecule has 2 aromatic rings. The van der Waals surface area contributed by atoms with Crippen LogP contribution in [-0.2, 0) is 15.8 Å². The first-order chi connectivity index (χ1) is 11.3. The van der Waals surface area contributed by atoms with Gasteiger partial charge in [-0.1, -0.05) is 51.1 Å². The number of carbonyl (C=O) groups is 1. The topological polar surface area (TPSA) is 55.6 Å². The van der Waals surface area contributed by atoms with Gasteiger partial charge in [0.15, 0.2) is 12.1 Å². The number of hydrogen-bond acceptors (Lipinski definition) is 4. The van der Waals surface area contributed by atoms with E-state index in [1.165, 1.54) is 6.39 Å². The molecule has 5 nitrogen and oxygen atoms in total. The first-order valence-electron chi connectivity index (χ1n) is 8.24. The molecule has 0 spiro atoms. The molecule has 1 aromatic heterocycles. The van der Waals surface area contributed by atoms with Gasteiger partial charge in [0, 0.05) is 12.0 Å². The predicted octanol–water partition coefficient (Wildman–Crippen LogP) is 3.36. The van der Waals surface area contributed by atoms with Crippen molar-refractivity contribution in [3.05, 3.63) is 53.7 Å². The molecule has 2 heterocycles. The van der Waals surface area contributed by atoms with E-state index in [0.29, 0.717) is 31.2 Å². The van der Waals surface area contributed by atoms with Crippen LogP contribution in [0.25, 0.3) is 0 Å². The average Bonchev–Trinajstić information content (AvgIpc) is 3.05. The second-order valence-electron chi connectivity index (χ2n) is 7.45. The molecule has 1 aliphatic rings. The summed E-state index contributed by atoms with van der Waals surface area (Å²) >= 11 is 0. The van der Waals surface area contributed by atoms with E-state index in [2.05, 4.69) is 4.98 Å². The van der Waals surface area contributed by atoms with Gasteiger partial charge in [0.05, 0.1) is 13.2 Å². The SMILES string of the molecule is CC(C)(C)c1ocnc1C(=O)N1CCOC(C)(c2ccccc2)C1. The maximum atomic E-state index is 13.0. The normalized spacial score (nSPS) is 21.8. The number of aromatic nitrogens is 1. The highest BCUT2D eigenvalue weighted by molar-refractivity contribution is 5.93. The van der Waals surface area contributed by atoms with Gasteiger partial charge in [-0.3, -0.25) is 4.79 Å². The third kappa shape index (κ3) is 3.08. The minimum Gasteiger partial charge on any atom is -0.447 e. The van der Waals surface area contributed by atoms with E-state index in [4.69, 9.17) is 9.15 Å². The summed E-state index contributed by atoms with van der Waals surface area (Å²) in [6, 6.07) is 10.0. The molecule has 0 saturated carbocycles. The highest BCUT2D eigenvalue weighted by Crippen LogP contribution is 2.31. The Hall–Kier alpha value is -2.14. The fraction of sp³-hybridized carbons (Fsp3) is 0.474. The van der Waals surface area contributed by atoms with E-state index in [1.54, 1.807) is 0 Å². The van der Waals surface area contributed by atoms with E-state index in [0.717, 1.165) is 5.56 Å². The Balaban J connectivity index is 1.86. The first kappa shape index (κ1) is 16.7. The van der Waals surface area contributed by atoms with E-state index >= 15 is 0 Å². The molecule has 0 N–H and O–H groups in total. The summed E-state index contributed by atoms with van der Waals surface area (Å²) < 4.78 is 11.5. The molecule has 1 atom stereocenters. The molecule has 0 radical (unpaired) electrons. The summed E-state index contributed by atoms with van der Waals surface area (Å²) in [5, 5.41) is 0. The zero-order valence-electron chi connectivity index (χ0n) is 14.7. The molecule has 0 aliphatic carbocycles. The van der Waals surface area contributed by atoms with Crippen LogP contribution in [0.5, 0.6) is 0 Å². The molecular formula is C19H24N2O3. The molecule has 24 heavy (non-hydrogen) atoms. The van der Waals surface area contributed by atoms with Crippen LogP contribution < -0.4 is 0 Å². The maximum absolute atomic E-state index is 13.0. The molecule has 1 aliphatic heterocycles. The molecule has 0 bridgehead atoms. The summed E-state index contributed by atoms with van der Waals surface area (Å²) in [5.74, 6) is 0.527. The maximum Gasteiger partial charge on any atom is 0.276 e. The Kier molecular flexibility index (Phi) is 4.22. The van der Waals surface area contributed by atoms with Crippen LogP contribution in [0.4, 0.5) is 0 Å². The molecule has 1 saturated heterocycles. The third-order valence-electron chi connectivity index (χ3n) is 4.40. The Morgan fingerprint density at radius 3 is 2.62 bits per heavy atom.